The summed E-state index contributed by atoms with van der Waals surface area (Å²) in [4.78, 5) is 10.6. The van der Waals surface area contributed by atoms with E-state index in [4.69, 9.17) is 9.63 Å². The number of hydrogen-bond donors (Lipinski definition) is 2. The van der Waals surface area contributed by atoms with Crippen LogP contribution in [0.4, 0.5) is 5.69 Å². The topological polar surface area (TPSA) is 75.4 Å². The zero-order valence-electron chi connectivity index (χ0n) is 10.9. The van der Waals surface area contributed by atoms with Crippen LogP contribution in [0, 0.1) is 0 Å². The van der Waals surface area contributed by atoms with Gasteiger partial charge in [-0.1, -0.05) is 31.1 Å². The first-order valence-electron chi connectivity index (χ1n) is 6.09. The maximum atomic E-state index is 10.6. The average molecular weight is 260 g/mol. The first-order valence-corrected chi connectivity index (χ1v) is 6.09. The Morgan fingerprint density at radius 3 is 2.58 bits per heavy atom. The third kappa shape index (κ3) is 3.34. The molecule has 0 saturated heterocycles. The summed E-state index contributed by atoms with van der Waals surface area (Å²) in [5.74, 6) is -0.0944. The smallest absolute Gasteiger partial charge is 0.358 e. The number of carboxylic acids is 1. The van der Waals surface area contributed by atoms with Crippen molar-refractivity contribution in [1.82, 2.24) is 5.16 Å². The largest absolute Gasteiger partial charge is 0.476 e. The molecule has 2 N–H and O–H groups in total. The molecule has 0 amide bonds. The van der Waals surface area contributed by atoms with Gasteiger partial charge in [0, 0.05) is 11.8 Å². The molecule has 0 aliphatic carbocycles. The molecule has 0 radical (unpaired) electrons. The molecule has 5 heteroatoms. The molecule has 19 heavy (non-hydrogen) atoms. The summed E-state index contributed by atoms with van der Waals surface area (Å²) in [7, 11) is 0. The first kappa shape index (κ1) is 13.1. The molecule has 2 rings (SSSR count). The van der Waals surface area contributed by atoms with Crippen LogP contribution < -0.4 is 5.32 Å². The molecule has 0 atom stereocenters. The Morgan fingerprint density at radius 1 is 1.37 bits per heavy atom. The van der Waals surface area contributed by atoms with Crippen LogP contribution in [0.5, 0.6) is 0 Å². The number of nitrogens with one attached hydrogen (secondary N) is 1. The average Bonchev–Trinajstić information content (AvgIpc) is 2.86. The van der Waals surface area contributed by atoms with Gasteiger partial charge in [-0.05, 0) is 23.6 Å². The van der Waals surface area contributed by atoms with Gasteiger partial charge in [0.2, 0.25) is 0 Å². The number of carbonyl (C=O) groups is 1. The normalized spacial score (nSPS) is 10.7. The lowest BCUT2D eigenvalue weighted by Crippen LogP contribution is -1.99. The maximum Gasteiger partial charge on any atom is 0.358 e. The Bertz CT molecular complexity index is 558. The molecular formula is C14H16N2O3. The number of benzene rings is 1. The molecule has 0 bridgehead atoms. The highest BCUT2D eigenvalue weighted by molar-refractivity contribution is 5.85. The standard InChI is InChI=1S/C14H16N2O3/c1-9(2)10-3-5-11(6-4-10)15-8-12-7-13(14(17)18)16-19-12/h3-7,9,15H,8H2,1-2H3,(H,17,18). The first-order chi connectivity index (χ1) is 9.06. The van der Waals surface area contributed by atoms with Crippen LogP contribution in [-0.4, -0.2) is 16.2 Å². The molecule has 2 aromatic rings. The lowest BCUT2D eigenvalue weighted by molar-refractivity contribution is 0.0685. The van der Waals surface area contributed by atoms with Gasteiger partial charge < -0.3 is 14.9 Å². The highest BCUT2D eigenvalue weighted by Gasteiger charge is 2.10. The summed E-state index contributed by atoms with van der Waals surface area (Å²) in [6.07, 6.45) is 0. The van der Waals surface area contributed by atoms with Crippen LogP contribution in [0.3, 0.4) is 0 Å². The summed E-state index contributed by atoms with van der Waals surface area (Å²) in [5, 5.41) is 15.3. The van der Waals surface area contributed by atoms with E-state index in [1.807, 2.05) is 12.1 Å². The summed E-state index contributed by atoms with van der Waals surface area (Å²) < 4.78 is 4.92. The van der Waals surface area contributed by atoms with Crippen molar-refractivity contribution in [3.63, 3.8) is 0 Å². The minimum absolute atomic E-state index is 0.0769. The van der Waals surface area contributed by atoms with Crippen molar-refractivity contribution in [3.8, 4) is 0 Å². The van der Waals surface area contributed by atoms with E-state index in [0.29, 0.717) is 18.2 Å². The number of aromatic nitrogens is 1. The molecule has 1 aromatic carbocycles. The Kier molecular flexibility index (Phi) is 3.85. The molecule has 0 spiro atoms. The van der Waals surface area contributed by atoms with Crippen molar-refractivity contribution in [3.05, 3.63) is 47.3 Å². The minimum Gasteiger partial charge on any atom is -0.476 e. The molecule has 1 aromatic heterocycles. The zero-order valence-corrected chi connectivity index (χ0v) is 10.9. The number of aromatic carboxylic acids is 1. The fourth-order valence-electron chi connectivity index (χ4n) is 1.67. The van der Waals surface area contributed by atoms with Gasteiger partial charge in [0.25, 0.3) is 0 Å². The van der Waals surface area contributed by atoms with E-state index in [9.17, 15) is 4.79 Å². The molecule has 5 nitrogen and oxygen atoms in total. The number of rotatable bonds is 5. The molecule has 100 valence electrons. The molecule has 0 saturated carbocycles. The summed E-state index contributed by atoms with van der Waals surface area (Å²) >= 11 is 0. The summed E-state index contributed by atoms with van der Waals surface area (Å²) in [5.41, 5.74) is 2.16. The van der Waals surface area contributed by atoms with E-state index in [2.05, 4.69) is 36.5 Å². The van der Waals surface area contributed by atoms with E-state index in [1.165, 1.54) is 11.6 Å². The van der Waals surface area contributed by atoms with E-state index in [1.54, 1.807) is 0 Å². The van der Waals surface area contributed by atoms with Crippen LogP contribution in [0.1, 0.15) is 41.6 Å². The predicted molar refractivity (Wildman–Crippen MR) is 71.3 cm³/mol. The van der Waals surface area contributed by atoms with Crippen molar-refractivity contribution in [1.29, 1.82) is 0 Å². The highest BCUT2D eigenvalue weighted by Crippen LogP contribution is 2.17. The summed E-state index contributed by atoms with van der Waals surface area (Å²) in [6.45, 7) is 4.69. The molecular weight excluding hydrogens is 244 g/mol. The molecule has 1 heterocycles. The number of carboxylic acid groups (broad SMARTS) is 1. The lowest BCUT2D eigenvalue weighted by Gasteiger charge is -2.07. The van der Waals surface area contributed by atoms with Gasteiger partial charge in [-0.15, -0.1) is 0 Å². The van der Waals surface area contributed by atoms with Crippen LogP contribution in [0.25, 0.3) is 0 Å². The van der Waals surface area contributed by atoms with Crippen LogP contribution >= 0.6 is 0 Å². The maximum absolute atomic E-state index is 10.6. The van der Waals surface area contributed by atoms with Crippen molar-refractivity contribution >= 4 is 11.7 Å². The fourth-order valence-corrected chi connectivity index (χ4v) is 1.67. The van der Waals surface area contributed by atoms with Gasteiger partial charge in [-0.25, -0.2) is 4.79 Å². The van der Waals surface area contributed by atoms with Gasteiger partial charge in [-0.2, -0.15) is 0 Å². The second kappa shape index (κ2) is 5.56. The second-order valence-corrected chi connectivity index (χ2v) is 4.61. The van der Waals surface area contributed by atoms with Gasteiger partial charge in [0.15, 0.2) is 11.5 Å². The molecule has 0 aliphatic heterocycles. The Labute approximate surface area is 111 Å². The van der Waals surface area contributed by atoms with Crippen molar-refractivity contribution in [2.45, 2.75) is 26.3 Å². The van der Waals surface area contributed by atoms with Gasteiger partial charge >= 0.3 is 5.97 Å². The quantitative estimate of drug-likeness (QED) is 0.863. The Morgan fingerprint density at radius 2 is 2.05 bits per heavy atom. The third-order valence-corrected chi connectivity index (χ3v) is 2.82. The minimum atomic E-state index is -1.09. The summed E-state index contributed by atoms with van der Waals surface area (Å²) in [6, 6.07) is 9.53. The monoisotopic (exact) mass is 260 g/mol. The SMILES string of the molecule is CC(C)c1ccc(NCc2cc(C(=O)O)no2)cc1. The number of nitrogens with zero attached hydrogens (tertiary/aromatic N) is 1. The fraction of sp³-hybridized carbons (Fsp3) is 0.286. The van der Waals surface area contributed by atoms with E-state index < -0.39 is 5.97 Å². The van der Waals surface area contributed by atoms with E-state index in [0.717, 1.165) is 5.69 Å². The Balaban J connectivity index is 1.96. The molecule has 0 fully saturated rings. The molecule has 0 aliphatic rings. The van der Waals surface area contributed by atoms with Gasteiger partial charge in [0.05, 0.1) is 6.54 Å². The van der Waals surface area contributed by atoms with E-state index >= 15 is 0 Å². The van der Waals surface area contributed by atoms with Crippen LogP contribution in [-0.2, 0) is 6.54 Å². The van der Waals surface area contributed by atoms with Crippen molar-refractivity contribution in [2.75, 3.05) is 5.32 Å². The predicted octanol–water partition coefficient (Wildman–Crippen LogP) is 3.11. The van der Waals surface area contributed by atoms with Gasteiger partial charge in [0.1, 0.15) is 0 Å². The number of hydrogen-bond acceptors (Lipinski definition) is 4. The molecule has 0 unspecified atom stereocenters. The zero-order chi connectivity index (χ0) is 13.8. The number of anilines is 1. The van der Waals surface area contributed by atoms with Crippen LogP contribution in [0.15, 0.2) is 34.9 Å². The van der Waals surface area contributed by atoms with Crippen molar-refractivity contribution < 1.29 is 14.4 Å². The third-order valence-electron chi connectivity index (χ3n) is 2.82. The second-order valence-electron chi connectivity index (χ2n) is 4.61. The van der Waals surface area contributed by atoms with Crippen LogP contribution in [0.2, 0.25) is 0 Å². The van der Waals surface area contributed by atoms with E-state index in [-0.39, 0.29) is 5.69 Å². The Hall–Kier alpha value is -2.30. The van der Waals surface area contributed by atoms with Gasteiger partial charge in [-0.3, -0.25) is 0 Å². The lowest BCUT2D eigenvalue weighted by atomic mass is 10.0. The van der Waals surface area contributed by atoms with Crippen molar-refractivity contribution in [2.24, 2.45) is 0 Å². The highest BCUT2D eigenvalue weighted by atomic mass is 16.5.